The molecular weight excluding hydrogens is 486 g/mol. The number of aliphatic hydroxyl groups excluding tert-OH is 1. The van der Waals surface area contributed by atoms with E-state index in [0.29, 0.717) is 18.2 Å². The van der Waals surface area contributed by atoms with Gasteiger partial charge in [0.2, 0.25) is 5.95 Å². The van der Waals surface area contributed by atoms with Crippen LogP contribution in [0.15, 0.2) is 48.5 Å². The molecule has 3 aromatic heterocycles. The van der Waals surface area contributed by atoms with Crippen LogP contribution in [0, 0.1) is 0 Å². The first-order chi connectivity index (χ1) is 18.2. The zero-order chi connectivity index (χ0) is 25.0. The maximum absolute atomic E-state index is 9.87. The molecule has 0 spiro atoms. The largest absolute Gasteiger partial charge is 0.393 e. The molecule has 1 saturated carbocycles. The lowest BCUT2D eigenvalue weighted by Crippen LogP contribution is -2.36. The van der Waals surface area contributed by atoms with Crippen LogP contribution in [0.25, 0.3) is 10.3 Å². The number of aromatic nitrogens is 4. The van der Waals surface area contributed by atoms with Crippen molar-refractivity contribution in [2.75, 3.05) is 41.8 Å². The predicted octanol–water partition coefficient (Wildman–Crippen LogP) is 4.37. The van der Waals surface area contributed by atoms with Gasteiger partial charge in [-0.3, -0.25) is 0 Å². The molecule has 0 amide bonds. The van der Waals surface area contributed by atoms with Crippen LogP contribution in [0.3, 0.4) is 0 Å². The van der Waals surface area contributed by atoms with Crippen molar-refractivity contribution in [3.05, 3.63) is 59.8 Å². The van der Waals surface area contributed by atoms with Crippen molar-refractivity contribution in [3.8, 4) is 0 Å². The van der Waals surface area contributed by atoms with Crippen LogP contribution in [0.5, 0.6) is 0 Å². The number of nitrogens with zero attached hydrogens (tertiary/aromatic N) is 5. The van der Waals surface area contributed by atoms with Gasteiger partial charge >= 0.3 is 0 Å². The number of fused-ring (bicyclic) bond motifs is 1. The third-order valence-electron chi connectivity index (χ3n) is 6.85. The van der Waals surface area contributed by atoms with Crippen molar-refractivity contribution < 1.29 is 9.84 Å². The van der Waals surface area contributed by atoms with Crippen molar-refractivity contribution in [1.29, 1.82) is 0 Å². The second-order valence-electron chi connectivity index (χ2n) is 9.62. The molecule has 6 rings (SSSR count). The second-order valence-corrected chi connectivity index (χ2v) is 10.6. The van der Waals surface area contributed by atoms with E-state index in [-0.39, 0.29) is 12.1 Å². The van der Waals surface area contributed by atoms with Gasteiger partial charge in [0, 0.05) is 31.6 Å². The summed E-state index contributed by atoms with van der Waals surface area (Å²) in [4.78, 5) is 22.3. The van der Waals surface area contributed by atoms with E-state index >= 15 is 0 Å². The number of benzene rings is 1. The van der Waals surface area contributed by atoms with Crippen LogP contribution in [0.1, 0.15) is 36.9 Å². The van der Waals surface area contributed by atoms with Crippen molar-refractivity contribution in [2.24, 2.45) is 0 Å². The highest BCUT2D eigenvalue weighted by molar-refractivity contribution is 7.21. The molecule has 0 unspecified atom stereocenters. The summed E-state index contributed by atoms with van der Waals surface area (Å²) in [6, 6.07) is 16.6. The Morgan fingerprint density at radius 1 is 0.946 bits per heavy atom. The Morgan fingerprint density at radius 2 is 1.76 bits per heavy atom. The molecule has 1 saturated heterocycles. The van der Waals surface area contributed by atoms with Gasteiger partial charge in [-0.15, -0.1) is 0 Å². The summed E-state index contributed by atoms with van der Waals surface area (Å²) in [5.41, 5.74) is 2.98. The number of ether oxygens (including phenoxy) is 1. The molecule has 0 atom stereocenters. The molecular formula is C27H31N7O2S. The molecule has 192 valence electrons. The van der Waals surface area contributed by atoms with Crippen molar-refractivity contribution in [1.82, 2.24) is 19.9 Å². The van der Waals surface area contributed by atoms with Crippen LogP contribution in [0.4, 0.5) is 22.7 Å². The number of anilines is 4. The Balaban J connectivity index is 1.24. The summed E-state index contributed by atoms with van der Waals surface area (Å²) in [6.45, 7) is 3.16. The highest BCUT2D eigenvalue weighted by Gasteiger charge is 2.21. The lowest BCUT2D eigenvalue weighted by atomic mass is 9.93. The summed E-state index contributed by atoms with van der Waals surface area (Å²) in [7, 11) is 0. The Hall–Kier alpha value is -3.34. The highest BCUT2D eigenvalue weighted by Crippen LogP contribution is 2.30. The van der Waals surface area contributed by atoms with Crippen LogP contribution >= 0.6 is 11.3 Å². The quantitative estimate of drug-likeness (QED) is 0.329. The third kappa shape index (κ3) is 5.98. The van der Waals surface area contributed by atoms with E-state index in [1.165, 1.54) is 16.9 Å². The normalized spacial score (nSPS) is 20.2. The van der Waals surface area contributed by atoms with Gasteiger partial charge in [0.25, 0.3) is 0 Å². The maximum Gasteiger partial charge on any atom is 0.225 e. The van der Waals surface area contributed by atoms with E-state index in [4.69, 9.17) is 24.7 Å². The van der Waals surface area contributed by atoms with Crippen molar-refractivity contribution >= 4 is 44.4 Å². The second kappa shape index (κ2) is 11.0. The first-order valence-electron chi connectivity index (χ1n) is 12.9. The molecule has 2 aliphatic rings. The molecule has 4 heterocycles. The van der Waals surface area contributed by atoms with Gasteiger partial charge in [-0.05, 0) is 43.4 Å². The minimum absolute atomic E-state index is 0.197. The predicted molar refractivity (Wildman–Crippen MR) is 147 cm³/mol. The Kier molecular flexibility index (Phi) is 7.11. The monoisotopic (exact) mass is 517 g/mol. The summed E-state index contributed by atoms with van der Waals surface area (Å²) < 4.78 is 5.47. The van der Waals surface area contributed by atoms with E-state index in [1.807, 2.05) is 36.4 Å². The van der Waals surface area contributed by atoms with E-state index < -0.39 is 0 Å². The number of pyridine rings is 1. The van der Waals surface area contributed by atoms with E-state index in [1.54, 1.807) is 0 Å². The lowest BCUT2D eigenvalue weighted by molar-refractivity contribution is 0.122. The molecule has 1 aliphatic heterocycles. The van der Waals surface area contributed by atoms with Gasteiger partial charge in [-0.1, -0.05) is 41.7 Å². The molecule has 3 N–H and O–H groups in total. The molecule has 0 radical (unpaired) electrons. The van der Waals surface area contributed by atoms with E-state index in [0.717, 1.165) is 79.0 Å². The van der Waals surface area contributed by atoms with E-state index in [2.05, 4.69) is 27.7 Å². The average Bonchev–Trinajstić information content (AvgIpc) is 3.32. The summed E-state index contributed by atoms with van der Waals surface area (Å²) in [6.07, 6.45) is 3.93. The van der Waals surface area contributed by atoms with Crippen LogP contribution in [-0.2, 0) is 11.2 Å². The van der Waals surface area contributed by atoms with Crippen LogP contribution in [0.2, 0.25) is 0 Å². The Bertz CT molecular complexity index is 1340. The van der Waals surface area contributed by atoms with Gasteiger partial charge in [-0.25, -0.2) is 15.0 Å². The number of hydrogen-bond acceptors (Lipinski definition) is 10. The van der Waals surface area contributed by atoms with Gasteiger partial charge < -0.3 is 25.4 Å². The minimum atomic E-state index is -0.197. The molecule has 10 heteroatoms. The highest BCUT2D eigenvalue weighted by atomic mass is 32.1. The van der Waals surface area contributed by atoms with Crippen LogP contribution in [-0.4, -0.2) is 63.5 Å². The van der Waals surface area contributed by atoms with Gasteiger partial charge in [0.15, 0.2) is 5.13 Å². The molecule has 1 aliphatic carbocycles. The Morgan fingerprint density at radius 3 is 2.57 bits per heavy atom. The molecule has 37 heavy (non-hydrogen) atoms. The zero-order valence-corrected chi connectivity index (χ0v) is 21.5. The minimum Gasteiger partial charge on any atom is -0.393 e. The number of thiazole rings is 1. The fourth-order valence-electron chi connectivity index (χ4n) is 4.86. The standard InChI is InChI=1S/C27H31N7O2S/c35-21-8-6-19(7-9-21)28-26-29-20(16-18-4-2-1-3-5-18)17-23(31-26)32-27-30-22-10-11-24(33-25(22)37-27)34-12-14-36-15-13-34/h1-5,10-11,17,19,21,35H,6-9,12-16H2,(H2,28,29,30,31,32). The maximum atomic E-state index is 9.87. The fraction of sp³-hybridized carbons (Fsp3) is 0.407. The number of nitrogens with one attached hydrogen (secondary N) is 2. The average molecular weight is 518 g/mol. The van der Waals surface area contributed by atoms with Gasteiger partial charge in [0.05, 0.1) is 25.0 Å². The lowest BCUT2D eigenvalue weighted by Gasteiger charge is -2.27. The van der Waals surface area contributed by atoms with E-state index in [9.17, 15) is 5.11 Å². The topological polar surface area (TPSA) is 108 Å². The van der Waals surface area contributed by atoms with Gasteiger partial charge in [-0.2, -0.15) is 4.98 Å². The Labute approximate surface area is 220 Å². The molecule has 4 aromatic rings. The molecule has 1 aromatic carbocycles. The number of hydrogen-bond donors (Lipinski definition) is 3. The summed E-state index contributed by atoms with van der Waals surface area (Å²) >= 11 is 1.52. The third-order valence-corrected chi connectivity index (χ3v) is 7.73. The number of aliphatic hydroxyl groups is 1. The fourth-order valence-corrected chi connectivity index (χ4v) is 5.70. The number of morpholine rings is 1. The SMILES string of the molecule is OC1CCC(Nc2nc(Cc3ccccc3)cc(Nc3nc4ccc(N5CCOCC5)nc4s3)n2)CC1. The zero-order valence-electron chi connectivity index (χ0n) is 20.6. The smallest absolute Gasteiger partial charge is 0.225 e. The van der Waals surface area contributed by atoms with Crippen LogP contribution < -0.4 is 15.5 Å². The first kappa shape index (κ1) is 24.0. The van der Waals surface area contributed by atoms with Gasteiger partial charge in [0.1, 0.15) is 22.0 Å². The molecule has 9 nitrogen and oxygen atoms in total. The molecule has 2 fully saturated rings. The van der Waals surface area contributed by atoms with Crippen molar-refractivity contribution in [3.63, 3.8) is 0 Å². The summed E-state index contributed by atoms with van der Waals surface area (Å²) in [5, 5.41) is 17.5. The first-order valence-corrected chi connectivity index (χ1v) is 13.7. The van der Waals surface area contributed by atoms with Crippen molar-refractivity contribution in [2.45, 2.75) is 44.2 Å². The summed E-state index contributed by atoms with van der Waals surface area (Å²) in [5.74, 6) is 2.26. The molecule has 0 bridgehead atoms. The number of rotatable bonds is 7.